The van der Waals surface area contributed by atoms with Crippen molar-refractivity contribution in [2.75, 3.05) is 13.6 Å². The van der Waals surface area contributed by atoms with Crippen LogP contribution < -0.4 is 10.6 Å². The lowest BCUT2D eigenvalue weighted by Crippen LogP contribution is -2.29. The number of carbonyl (C=O) groups excluding carboxylic acids is 1. The molecule has 2 N–H and O–H groups in total. The molecule has 3 nitrogen and oxygen atoms in total. The zero-order chi connectivity index (χ0) is 12.0. The zero-order valence-electron chi connectivity index (χ0n) is 9.59. The number of carbonyl (C=O) groups is 1. The maximum absolute atomic E-state index is 12.9. The highest BCUT2D eigenvalue weighted by molar-refractivity contribution is 5.76. The van der Waals surface area contributed by atoms with Crippen molar-refractivity contribution in [3.05, 3.63) is 35.6 Å². The van der Waals surface area contributed by atoms with E-state index in [1.165, 1.54) is 12.1 Å². The van der Waals surface area contributed by atoms with Crippen LogP contribution in [0.4, 0.5) is 4.39 Å². The summed E-state index contributed by atoms with van der Waals surface area (Å²) in [6, 6.07) is 6.09. The number of halogens is 1. The van der Waals surface area contributed by atoms with Crippen LogP contribution in [0.1, 0.15) is 24.9 Å². The molecule has 0 fully saturated rings. The van der Waals surface area contributed by atoms with Crippen LogP contribution >= 0.6 is 0 Å². The van der Waals surface area contributed by atoms with Crippen molar-refractivity contribution in [3.8, 4) is 0 Å². The molecule has 0 aliphatic carbocycles. The third-order valence-corrected chi connectivity index (χ3v) is 2.33. The van der Waals surface area contributed by atoms with E-state index in [-0.39, 0.29) is 17.8 Å². The lowest BCUT2D eigenvalue weighted by Gasteiger charge is -2.14. The van der Waals surface area contributed by atoms with E-state index in [0.717, 1.165) is 5.56 Å². The molecular formula is C12H17FN2O. The van der Waals surface area contributed by atoms with Crippen LogP contribution in [0.3, 0.4) is 0 Å². The van der Waals surface area contributed by atoms with Gasteiger partial charge in [0, 0.05) is 13.0 Å². The highest BCUT2D eigenvalue weighted by atomic mass is 19.1. The molecule has 0 saturated heterocycles. The minimum absolute atomic E-state index is 0.0360. The van der Waals surface area contributed by atoms with Gasteiger partial charge in [0.25, 0.3) is 0 Å². The Bertz CT molecular complexity index is 355. The summed E-state index contributed by atoms with van der Waals surface area (Å²) in [6.45, 7) is 2.48. The topological polar surface area (TPSA) is 41.1 Å². The number of benzene rings is 1. The van der Waals surface area contributed by atoms with Crippen molar-refractivity contribution in [2.24, 2.45) is 0 Å². The van der Waals surface area contributed by atoms with Crippen molar-refractivity contribution in [1.29, 1.82) is 0 Å². The van der Waals surface area contributed by atoms with Crippen LogP contribution in [0.15, 0.2) is 24.3 Å². The molecule has 0 aliphatic rings. The maximum atomic E-state index is 12.9. The number of rotatable bonds is 5. The Morgan fingerprint density at radius 2 is 2.25 bits per heavy atom. The van der Waals surface area contributed by atoms with Crippen LogP contribution in [0.2, 0.25) is 0 Å². The van der Waals surface area contributed by atoms with Crippen LogP contribution in [0.25, 0.3) is 0 Å². The number of hydrogen-bond acceptors (Lipinski definition) is 2. The number of amides is 1. The van der Waals surface area contributed by atoms with Gasteiger partial charge in [-0.3, -0.25) is 4.79 Å². The van der Waals surface area contributed by atoms with E-state index < -0.39 is 0 Å². The Kier molecular flexibility index (Phi) is 4.92. The van der Waals surface area contributed by atoms with E-state index in [4.69, 9.17) is 0 Å². The molecule has 0 spiro atoms. The van der Waals surface area contributed by atoms with Crippen LogP contribution in [-0.4, -0.2) is 19.5 Å². The van der Waals surface area contributed by atoms with Gasteiger partial charge in [0.15, 0.2) is 0 Å². The van der Waals surface area contributed by atoms with Gasteiger partial charge >= 0.3 is 0 Å². The second-order valence-corrected chi connectivity index (χ2v) is 3.70. The summed E-state index contributed by atoms with van der Waals surface area (Å²) in [7, 11) is 1.79. The quantitative estimate of drug-likeness (QED) is 0.798. The minimum Gasteiger partial charge on any atom is -0.350 e. The zero-order valence-corrected chi connectivity index (χ0v) is 9.59. The van der Waals surface area contributed by atoms with Crippen LogP contribution in [0, 0.1) is 5.82 Å². The van der Waals surface area contributed by atoms with Gasteiger partial charge in [0.1, 0.15) is 5.82 Å². The first kappa shape index (κ1) is 12.6. The fourth-order valence-corrected chi connectivity index (χ4v) is 1.41. The monoisotopic (exact) mass is 224 g/mol. The van der Waals surface area contributed by atoms with Crippen molar-refractivity contribution in [1.82, 2.24) is 10.6 Å². The standard InChI is InChI=1S/C12H17FN2O/c1-9(15-12(16)6-7-14-2)10-4-3-5-11(13)8-10/h3-5,8-9,14H,6-7H2,1-2H3,(H,15,16)/t9-/m0/s1. The molecule has 0 heterocycles. The van der Waals surface area contributed by atoms with Crippen molar-refractivity contribution in [3.63, 3.8) is 0 Å². The normalized spacial score (nSPS) is 12.2. The molecule has 1 aromatic rings. The van der Waals surface area contributed by atoms with Gasteiger partial charge in [0.05, 0.1) is 6.04 Å². The largest absolute Gasteiger partial charge is 0.350 e. The summed E-state index contributed by atoms with van der Waals surface area (Å²) >= 11 is 0. The maximum Gasteiger partial charge on any atom is 0.221 e. The summed E-state index contributed by atoms with van der Waals surface area (Å²) < 4.78 is 12.9. The van der Waals surface area contributed by atoms with Gasteiger partial charge in [-0.2, -0.15) is 0 Å². The van der Waals surface area contributed by atoms with Crippen LogP contribution in [0.5, 0.6) is 0 Å². The number of nitrogens with one attached hydrogen (secondary N) is 2. The Balaban J connectivity index is 2.52. The first-order valence-corrected chi connectivity index (χ1v) is 5.33. The summed E-state index contributed by atoms with van der Waals surface area (Å²) in [4.78, 5) is 11.4. The highest BCUT2D eigenvalue weighted by Gasteiger charge is 2.09. The Labute approximate surface area is 95.0 Å². The van der Waals surface area contributed by atoms with Crippen LogP contribution in [-0.2, 0) is 4.79 Å². The van der Waals surface area contributed by atoms with Gasteiger partial charge in [-0.15, -0.1) is 0 Å². The molecule has 0 radical (unpaired) electrons. The lowest BCUT2D eigenvalue weighted by atomic mass is 10.1. The lowest BCUT2D eigenvalue weighted by molar-refractivity contribution is -0.121. The van der Waals surface area contributed by atoms with Gasteiger partial charge in [-0.25, -0.2) is 4.39 Å². The molecular weight excluding hydrogens is 207 g/mol. The predicted octanol–water partition coefficient (Wildman–Crippen LogP) is 1.61. The van der Waals surface area contributed by atoms with E-state index >= 15 is 0 Å². The molecule has 1 aromatic carbocycles. The molecule has 16 heavy (non-hydrogen) atoms. The van der Waals surface area contributed by atoms with Gasteiger partial charge in [0.2, 0.25) is 5.91 Å². The molecule has 1 atom stereocenters. The molecule has 0 aromatic heterocycles. The molecule has 88 valence electrons. The average Bonchev–Trinajstić information content (AvgIpc) is 2.26. The van der Waals surface area contributed by atoms with E-state index in [0.29, 0.717) is 13.0 Å². The second kappa shape index (κ2) is 6.23. The summed E-state index contributed by atoms with van der Waals surface area (Å²) in [6.07, 6.45) is 0.427. The van der Waals surface area contributed by atoms with Gasteiger partial charge in [-0.1, -0.05) is 12.1 Å². The SMILES string of the molecule is CNCCC(=O)N[C@@H](C)c1cccc(F)c1. The Hall–Kier alpha value is -1.42. The minimum atomic E-state index is -0.283. The molecule has 1 amide bonds. The van der Waals surface area contributed by atoms with E-state index in [9.17, 15) is 9.18 Å². The van der Waals surface area contributed by atoms with E-state index in [2.05, 4.69) is 10.6 Å². The van der Waals surface area contributed by atoms with Crippen molar-refractivity contribution >= 4 is 5.91 Å². The predicted molar refractivity (Wildman–Crippen MR) is 61.5 cm³/mol. The van der Waals surface area contributed by atoms with E-state index in [1.807, 2.05) is 6.92 Å². The van der Waals surface area contributed by atoms with Gasteiger partial charge in [-0.05, 0) is 31.7 Å². The summed E-state index contributed by atoms with van der Waals surface area (Å²) in [5.74, 6) is -0.320. The average molecular weight is 224 g/mol. The first-order chi connectivity index (χ1) is 7.63. The molecule has 0 unspecified atom stereocenters. The molecule has 0 aliphatic heterocycles. The third-order valence-electron chi connectivity index (χ3n) is 2.33. The van der Waals surface area contributed by atoms with Crippen molar-refractivity contribution < 1.29 is 9.18 Å². The van der Waals surface area contributed by atoms with Crippen molar-refractivity contribution in [2.45, 2.75) is 19.4 Å². The summed E-state index contributed by atoms with van der Waals surface area (Å²) in [5.41, 5.74) is 0.776. The fourth-order valence-electron chi connectivity index (χ4n) is 1.41. The number of hydrogen-bond donors (Lipinski definition) is 2. The molecule has 1 rings (SSSR count). The second-order valence-electron chi connectivity index (χ2n) is 3.70. The molecule has 0 saturated carbocycles. The van der Waals surface area contributed by atoms with E-state index in [1.54, 1.807) is 19.2 Å². The Morgan fingerprint density at radius 3 is 2.88 bits per heavy atom. The highest BCUT2D eigenvalue weighted by Crippen LogP contribution is 2.13. The van der Waals surface area contributed by atoms with Gasteiger partial charge < -0.3 is 10.6 Å². The first-order valence-electron chi connectivity index (χ1n) is 5.33. The Morgan fingerprint density at radius 1 is 1.50 bits per heavy atom. The summed E-state index contributed by atoms with van der Waals surface area (Å²) in [5, 5.41) is 5.71. The molecule has 0 bridgehead atoms. The fraction of sp³-hybridized carbons (Fsp3) is 0.417. The smallest absolute Gasteiger partial charge is 0.221 e. The molecule has 4 heteroatoms. The third kappa shape index (κ3) is 3.98.